The first-order chi connectivity index (χ1) is 12.5. The summed E-state index contributed by atoms with van der Waals surface area (Å²) in [5, 5.41) is 8.83. The molecular weight excluding hydrogens is 453 g/mol. The maximum absolute atomic E-state index is 5.79. The molecule has 0 fully saturated rings. The van der Waals surface area contributed by atoms with Gasteiger partial charge in [0.15, 0.2) is 5.96 Å². The third kappa shape index (κ3) is 5.41. The third-order valence-corrected chi connectivity index (χ3v) is 4.10. The zero-order chi connectivity index (χ0) is 18.6. The molecule has 0 saturated carbocycles. The highest BCUT2D eigenvalue weighted by Crippen LogP contribution is 2.22. The van der Waals surface area contributed by atoms with Gasteiger partial charge in [-0.2, -0.15) is 0 Å². The zero-order valence-electron chi connectivity index (χ0n) is 16.1. The highest BCUT2D eigenvalue weighted by Gasteiger charge is 2.19. The van der Waals surface area contributed by atoms with Crippen molar-refractivity contribution in [1.29, 1.82) is 0 Å². The van der Waals surface area contributed by atoms with Crippen LogP contribution < -0.4 is 10.6 Å². The van der Waals surface area contributed by atoms with Gasteiger partial charge in [-0.3, -0.25) is 9.98 Å². The number of oxazole rings is 1. The predicted octanol–water partition coefficient (Wildman–Crippen LogP) is 4.00. The van der Waals surface area contributed by atoms with Crippen molar-refractivity contribution in [1.82, 2.24) is 20.6 Å². The van der Waals surface area contributed by atoms with E-state index < -0.39 is 0 Å². The molecule has 0 aliphatic rings. The number of aliphatic imine (C=N–C) groups is 1. The van der Waals surface area contributed by atoms with Gasteiger partial charge in [0.1, 0.15) is 5.76 Å². The van der Waals surface area contributed by atoms with Crippen molar-refractivity contribution in [3.63, 3.8) is 0 Å². The van der Waals surface area contributed by atoms with Gasteiger partial charge in [0.25, 0.3) is 0 Å². The molecule has 0 aliphatic carbocycles. The molecule has 27 heavy (non-hydrogen) atoms. The maximum Gasteiger partial charge on any atom is 0.213 e. The maximum atomic E-state index is 5.79. The van der Waals surface area contributed by atoms with Gasteiger partial charge in [0.05, 0.1) is 25.0 Å². The molecule has 0 saturated heterocycles. The van der Waals surface area contributed by atoms with Crippen molar-refractivity contribution in [2.45, 2.75) is 39.3 Å². The molecule has 0 radical (unpaired) electrons. The first-order valence-electron chi connectivity index (χ1n) is 8.69. The minimum Gasteiger partial charge on any atom is -0.443 e. The lowest BCUT2D eigenvalue weighted by molar-refractivity contribution is 0.379. The first-order valence-corrected chi connectivity index (χ1v) is 8.69. The fraction of sp³-hybridized carbons (Fsp3) is 0.350. The Labute approximate surface area is 176 Å². The second-order valence-corrected chi connectivity index (χ2v) is 7.13. The summed E-state index contributed by atoms with van der Waals surface area (Å²) in [7, 11) is 1.74. The number of fused-ring (bicyclic) bond motifs is 1. The van der Waals surface area contributed by atoms with Crippen molar-refractivity contribution in [3.8, 4) is 0 Å². The number of rotatable bonds is 4. The van der Waals surface area contributed by atoms with Crippen molar-refractivity contribution in [3.05, 3.63) is 60.1 Å². The van der Waals surface area contributed by atoms with Crippen LogP contribution in [-0.2, 0) is 18.5 Å². The van der Waals surface area contributed by atoms with Gasteiger partial charge in [0.2, 0.25) is 5.89 Å². The number of benzene rings is 1. The van der Waals surface area contributed by atoms with Crippen LogP contribution in [0, 0.1) is 0 Å². The highest BCUT2D eigenvalue weighted by atomic mass is 127. The van der Waals surface area contributed by atoms with Crippen LogP contribution >= 0.6 is 24.0 Å². The molecule has 2 aromatic heterocycles. The van der Waals surface area contributed by atoms with Crippen LogP contribution in [0.3, 0.4) is 0 Å². The van der Waals surface area contributed by atoms with Gasteiger partial charge in [-0.15, -0.1) is 24.0 Å². The van der Waals surface area contributed by atoms with E-state index in [4.69, 9.17) is 4.42 Å². The molecule has 0 bridgehead atoms. The summed E-state index contributed by atoms with van der Waals surface area (Å²) in [5.41, 5.74) is 0.933. The van der Waals surface area contributed by atoms with E-state index in [0.717, 1.165) is 16.8 Å². The molecular formula is C20H26IN5O. The SMILES string of the molecule is CN=C(NCc1ncc(C(C)(C)C)o1)NCc1nccc2ccccc12.I. The summed E-state index contributed by atoms with van der Waals surface area (Å²) >= 11 is 0. The van der Waals surface area contributed by atoms with Crippen molar-refractivity contribution < 1.29 is 4.42 Å². The molecule has 0 unspecified atom stereocenters. The summed E-state index contributed by atoms with van der Waals surface area (Å²) in [4.78, 5) is 13.1. The fourth-order valence-corrected chi connectivity index (χ4v) is 2.61. The monoisotopic (exact) mass is 479 g/mol. The Kier molecular flexibility index (Phi) is 7.18. The second kappa shape index (κ2) is 9.16. The topological polar surface area (TPSA) is 75.3 Å². The Morgan fingerprint density at radius 1 is 1.07 bits per heavy atom. The average molecular weight is 479 g/mol. The van der Waals surface area contributed by atoms with E-state index in [1.807, 2.05) is 24.4 Å². The number of halogens is 1. The summed E-state index contributed by atoms with van der Waals surface area (Å²) in [6.45, 7) is 7.35. The van der Waals surface area contributed by atoms with Crippen molar-refractivity contribution in [2.24, 2.45) is 4.99 Å². The van der Waals surface area contributed by atoms with E-state index in [9.17, 15) is 0 Å². The summed E-state index contributed by atoms with van der Waals surface area (Å²) in [5.74, 6) is 2.19. The number of aromatic nitrogens is 2. The van der Waals surface area contributed by atoms with E-state index in [1.165, 1.54) is 5.39 Å². The summed E-state index contributed by atoms with van der Waals surface area (Å²) < 4.78 is 5.79. The molecule has 2 heterocycles. The number of hydrogen-bond acceptors (Lipinski definition) is 4. The van der Waals surface area contributed by atoms with Crippen molar-refractivity contribution >= 4 is 40.7 Å². The average Bonchev–Trinajstić information content (AvgIpc) is 3.11. The Balaban J connectivity index is 0.00000261. The van der Waals surface area contributed by atoms with Crippen LogP contribution in [0.25, 0.3) is 10.8 Å². The number of nitrogens with one attached hydrogen (secondary N) is 2. The van der Waals surface area contributed by atoms with Crippen LogP contribution in [0.1, 0.15) is 38.1 Å². The largest absolute Gasteiger partial charge is 0.443 e. The summed E-state index contributed by atoms with van der Waals surface area (Å²) in [6.07, 6.45) is 3.61. The molecule has 1 aromatic carbocycles. The molecule has 0 spiro atoms. The van der Waals surface area contributed by atoms with Gasteiger partial charge in [0, 0.05) is 24.0 Å². The van der Waals surface area contributed by atoms with Gasteiger partial charge >= 0.3 is 0 Å². The molecule has 144 valence electrons. The van der Waals surface area contributed by atoms with Gasteiger partial charge in [-0.1, -0.05) is 45.0 Å². The van der Waals surface area contributed by atoms with E-state index >= 15 is 0 Å². The van der Waals surface area contributed by atoms with E-state index in [0.29, 0.717) is 24.9 Å². The third-order valence-electron chi connectivity index (χ3n) is 4.10. The van der Waals surface area contributed by atoms with Gasteiger partial charge < -0.3 is 15.1 Å². The molecule has 0 atom stereocenters. The first kappa shape index (κ1) is 21.1. The summed E-state index contributed by atoms with van der Waals surface area (Å²) in [6, 6.07) is 10.2. The van der Waals surface area contributed by atoms with Crippen LogP contribution in [0.5, 0.6) is 0 Å². The van der Waals surface area contributed by atoms with E-state index in [1.54, 1.807) is 13.2 Å². The number of guanidine groups is 1. The Hall–Kier alpha value is -2.16. The van der Waals surface area contributed by atoms with Crippen LogP contribution in [0.2, 0.25) is 0 Å². The van der Waals surface area contributed by atoms with Crippen LogP contribution in [0.15, 0.2) is 52.1 Å². The van der Waals surface area contributed by atoms with Crippen molar-refractivity contribution in [2.75, 3.05) is 7.05 Å². The minimum absolute atomic E-state index is 0. The zero-order valence-corrected chi connectivity index (χ0v) is 18.4. The molecule has 0 amide bonds. The Bertz CT molecular complexity index is 909. The second-order valence-electron chi connectivity index (χ2n) is 7.13. The van der Waals surface area contributed by atoms with Crippen LogP contribution in [0.4, 0.5) is 0 Å². The fourth-order valence-electron chi connectivity index (χ4n) is 2.61. The molecule has 2 N–H and O–H groups in total. The van der Waals surface area contributed by atoms with Crippen LogP contribution in [-0.4, -0.2) is 23.0 Å². The molecule has 0 aliphatic heterocycles. The quantitative estimate of drug-likeness (QED) is 0.336. The molecule has 6 nitrogen and oxygen atoms in total. The predicted molar refractivity (Wildman–Crippen MR) is 119 cm³/mol. The smallest absolute Gasteiger partial charge is 0.213 e. The molecule has 3 rings (SSSR count). The number of pyridine rings is 1. The minimum atomic E-state index is -0.0504. The molecule has 7 heteroatoms. The highest BCUT2D eigenvalue weighted by molar-refractivity contribution is 14.0. The normalized spacial score (nSPS) is 11.9. The lowest BCUT2D eigenvalue weighted by Crippen LogP contribution is -2.36. The Morgan fingerprint density at radius 3 is 2.52 bits per heavy atom. The molecule has 3 aromatic rings. The standard InChI is InChI=1S/C20H25N5O.HI/c1-20(2,3)17-12-23-18(26-17)13-25-19(21-4)24-11-16-15-8-6-5-7-14(15)9-10-22-16;/h5-10,12H,11,13H2,1-4H3,(H2,21,24,25);1H. The van der Waals surface area contributed by atoms with Gasteiger partial charge in [-0.25, -0.2) is 4.98 Å². The van der Waals surface area contributed by atoms with E-state index in [2.05, 4.69) is 58.5 Å². The Morgan fingerprint density at radius 2 is 1.81 bits per heavy atom. The lowest BCUT2D eigenvalue weighted by atomic mass is 9.94. The lowest BCUT2D eigenvalue weighted by Gasteiger charge is -2.13. The number of nitrogens with zero attached hydrogens (tertiary/aromatic N) is 3. The number of hydrogen-bond donors (Lipinski definition) is 2. The van der Waals surface area contributed by atoms with E-state index in [-0.39, 0.29) is 29.4 Å². The van der Waals surface area contributed by atoms with Gasteiger partial charge in [-0.05, 0) is 11.5 Å².